The van der Waals surface area contributed by atoms with E-state index in [0.717, 1.165) is 39.6 Å². The molecule has 180 valence electrons. The van der Waals surface area contributed by atoms with Crippen LogP contribution in [-0.2, 0) is 31.6 Å². The number of carbonyl (C=O) groups is 3. The fourth-order valence-corrected chi connectivity index (χ4v) is 5.76. The molecule has 4 amide bonds. The van der Waals surface area contributed by atoms with Crippen molar-refractivity contribution < 1.29 is 22.8 Å². The molecule has 2 aromatic rings. The molecule has 2 aliphatic rings. The van der Waals surface area contributed by atoms with Gasteiger partial charge in [-0.3, -0.25) is 14.5 Å². The predicted octanol–water partition coefficient (Wildman–Crippen LogP) is 2.36. The van der Waals surface area contributed by atoms with Gasteiger partial charge in [0, 0.05) is 19.8 Å². The molecule has 34 heavy (non-hydrogen) atoms. The molecule has 1 unspecified atom stereocenters. The van der Waals surface area contributed by atoms with Gasteiger partial charge in [-0.1, -0.05) is 30.3 Å². The van der Waals surface area contributed by atoms with Crippen molar-refractivity contribution in [3.8, 4) is 0 Å². The van der Waals surface area contributed by atoms with E-state index in [1.54, 1.807) is 19.1 Å². The van der Waals surface area contributed by atoms with Crippen molar-refractivity contribution in [2.75, 3.05) is 26.0 Å². The fraction of sp³-hybridized carbons (Fsp3) is 0.375. The van der Waals surface area contributed by atoms with Crippen LogP contribution in [0.3, 0.4) is 0 Å². The molecule has 1 saturated heterocycles. The first-order valence-electron chi connectivity index (χ1n) is 11.1. The number of hydrogen-bond donors (Lipinski definition) is 2. The van der Waals surface area contributed by atoms with Crippen LogP contribution in [0.25, 0.3) is 0 Å². The van der Waals surface area contributed by atoms with Crippen LogP contribution < -0.4 is 10.6 Å². The number of anilines is 1. The average molecular weight is 485 g/mol. The number of hydrogen-bond acceptors (Lipinski definition) is 5. The molecule has 4 rings (SSSR count). The fourth-order valence-electron chi connectivity index (χ4n) is 4.61. The standard InChI is InChI=1S/C24H28N4O5S/c1-16-11-12-18(14-20(16)34(32,33)27(2)3)25-21(29)15-28-22(30)24(26-23(28)31)13-7-6-9-17-8-4-5-10-19(17)24/h4-5,8,10-12,14H,6-7,9,13,15H2,1-3H3,(H,25,29)(H,26,31). The molecule has 2 aromatic carbocycles. The number of carbonyl (C=O) groups excluding carboxylic acids is 3. The Balaban J connectivity index is 1.55. The zero-order valence-corrected chi connectivity index (χ0v) is 20.2. The number of benzene rings is 2. The van der Waals surface area contributed by atoms with E-state index in [9.17, 15) is 22.8 Å². The molecule has 0 bridgehead atoms. The normalized spacial score (nSPS) is 20.3. The van der Waals surface area contributed by atoms with Crippen LogP contribution in [0.1, 0.15) is 36.0 Å². The highest BCUT2D eigenvalue weighted by atomic mass is 32.2. The third-order valence-corrected chi connectivity index (χ3v) is 8.39. The van der Waals surface area contributed by atoms with Crippen molar-refractivity contribution in [2.45, 2.75) is 43.0 Å². The lowest BCUT2D eigenvalue weighted by Gasteiger charge is -2.27. The number of fused-ring (bicyclic) bond motifs is 2. The second-order valence-electron chi connectivity index (χ2n) is 8.91. The Morgan fingerprint density at radius 3 is 2.62 bits per heavy atom. The number of nitrogens with zero attached hydrogens (tertiary/aromatic N) is 2. The Bertz CT molecular complexity index is 1270. The van der Waals surface area contributed by atoms with E-state index >= 15 is 0 Å². The van der Waals surface area contributed by atoms with Crippen molar-refractivity contribution in [2.24, 2.45) is 0 Å². The van der Waals surface area contributed by atoms with Crippen molar-refractivity contribution in [1.82, 2.24) is 14.5 Å². The van der Waals surface area contributed by atoms with Crippen molar-refractivity contribution in [1.29, 1.82) is 0 Å². The Kier molecular flexibility index (Phi) is 6.22. The van der Waals surface area contributed by atoms with Gasteiger partial charge in [-0.25, -0.2) is 17.5 Å². The smallest absolute Gasteiger partial charge is 0.324 e. The number of nitrogens with one attached hydrogen (secondary N) is 2. The number of sulfonamides is 1. The van der Waals surface area contributed by atoms with Gasteiger partial charge in [-0.05, 0) is 61.4 Å². The van der Waals surface area contributed by atoms with Gasteiger partial charge in [-0.2, -0.15) is 0 Å². The summed E-state index contributed by atoms with van der Waals surface area (Å²) in [5, 5.41) is 5.47. The van der Waals surface area contributed by atoms with Gasteiger partial charge >= 0.3 is 6.03 Å². The molecule has 2 N–H and O–H groups in total. The Morgan fingerprint density at radius 1 is 1.15 bits per heavy atom. The maximum atomic E-state index is 13.5. The summed E-state index contributed by atoms with van der Waals surface area (Å²) in [6.45, 7) is 1.19. The van der Waals surface area contributed by atoms with E-state index < -0.39 is 40.0 Å². The molecule has 1 atom stereocenters. The average Bonchev–Trinajstić information content (AvgIpc) is 2.92. The maximum absolute atomic E-state index is 13.5. The highest BCUT2D eigenvalue weighted by Crippen LogP contribution is 2.39. The Hall–Kier alpha value is -3.24. The molecule has 1 heterocycles. The molecule has 10 heteroatoms. The van der Waals surface area contributed by atoms with E-state index in [2.05, 4.69) is 10.6 Å². The van der Waals surface area contributed by atoms with Gasteiger partial charge < -0.3 is 10.6 Å². The predicted molar refractivity (Wildman–Crippen MR) is 127 cm³/mol. The van der Waals surface area contributed by atoms with Gasteiger partial charge in [0.1, 0.15) is 12.1 Å². The Labute approximate surface area is 199 Å². The van der Waals surface area contributed by atoms with Crippen molar-refractivity contribution in [3.05, 3.63) is 59.2 Å². The van der Waals surface area contributed by atoms with Gasteiger partial charge in [0.25, 0.3) is 5.91 Å². The summed E-state index contributed by atoms with van der Waals surface area (Å²) in [5.41, 5.74) is 1.44. The summed E-state index contributed by atoms with van der Waals surface area (Å²) >= 11 is 0. The highest BCUT2D eigenvalue weighted by Gasteiger charge is 2.53. The monoisotopic (exact) mass is 484 g/mol. The minimum absolute atomic E-state index is 0.0688. The second-order valence-corrected chi connectivity index (χ2v) is 11.0. The summed E-state index contributed by atoms with van der Waals surface area (Å²) in [6, 6.07) is 11.5. The van der Waals surface area contributed by atoms with Crippen LogP contribution in [0, 0.1) is 6.92 Å². The molecule has 9 nitrogen and oxygen atoms in total. The number of rotatable bonds is 5. The lowest BCUT2D eigenvalue weighted by molar-refractivity contribution is -0.134. The third kappa shape index (κ3) is 4.07. The highest BCUT2D eigenvalue weighted by molar-refractivity contribution is 7.89. The van der Waals surface area contributed by atoms with Crippen LogP contribution in [0.5, 0.6) is 0 Å². The SMILES string of the molecule is Cc1ccc(NC(=O)CN2C(=O)NC3(CCCCc4ccccc43)C2=O)cc1S(=O)(=O)N(C)C. The first-order valence-corrected chi connectivity index (χ1v) is 12.6. The first kappa shape index (κ1) is 23.9. The largest absolute Gasteiger partial charge is 0.325 e. The van der Waals surface area contributed by atoms with Crippen LogP contribution in [0.15, 0.2) is 47.4 Å². The zero-order valence-electron chi connectivity index (χ0n) is 19.4. The summed E-state index contributed by atoms with van der Waals surface area (Å²) in [4.78, 5) is 40.1. The maximum Gasteiger partial charge on any atom is 0.325 e. The molecule has 0 saturated carbocycles. The molecule has 0 radical (unpaired) electrons. The summed E-state index contributed by atoms with van der Waals surface area (Å²) in [6.07, 6.45) is 2.98. The summed E-state index contributed by atoms with van der Waals surface area (Å²) in [5.74, 6) is -1.04. The number of aryl methyl sites for hydroxylation is 2. The summed E-state index contributed by atoms with van der Waals surface area (Å²) in [7, 11) is -0.844. The first-order chi connectivity index (χ1) is 16.1. The number of amides is 4. The van der Waals surface area contributed by atoms with Crippen LogP contribution in [-0.4, -0.2) is 56.1 Å². The van der Waals surface area contributed by atoms with Gasteiger partial charge in [-0.15, -0.1) is 0 Å². The third-order valence-electron chi connectivity index (χ3n) is 6.43. The van der Waals surface area contributed by atoms with E-state index in [1.165, 1.54) is 20.2 Å². The van der Waals surface area contributed by atoms with Crippen molar-refractivity contribution >= 4 is 33.6 Å². The van der Waals surface area contributed by atoms with Crippen LogP contribution in [0.2, 0.25) is 0 Å². The Morgan fingerprint density at radius 2 is 1.88 bits per heavy atom. The van der Waals surface area contributed by atoms with E-state index in [-0.39, 0.29) is 10.6 Å². The van der Waals surface area contributed by atoms with E-state index in [0.29, 0.717) is 12.0 Å². The molecule has 1 spiro atoms. The minimum Gasteiger partial charge on any atom is -0.324 e. The van der Waals surface area contributed by atoms with Crippen LogP contribution >= 0.6 is 0 Å². The lowest BCUT2D eigenvalue weighted by Crippen LogP contribution is -2.44. The van der Waals surface area contributed by atoms with E-state index in [1.807, 2.05) is 24.3 Å². The van der Waals surface area contributed by atoms with Gasteiger partial charge in [0.2, 0.25) is 15.9 Å². The molecular weight excluding hydrogens is 456 g/mol. The van der Waals surface area contributed by atoms with Gasteiger partial charge in [0.15, 0.2) is 0 Å². The molecular formula is C24H28N4O5S. The molecule has 1 aliphatic carbocycles. The van der Waals surface area contributed by atoms with E-state index in [4.69, 9.17) is 0 Å². The lowest BCUT2D eigenvalue weighted by atomic mass is 9.84. The molecule has 1 aliphatic heterocycles. The number of urea groups is 1. The summed E-state index contributed by atoms with van der Waals surface area (Å²) < 4.78 is 26.2. The minimum atomic E-state index is -3.70. The topological polar surface area (TPSA) is 116 Å². The van der Waals surface area contributed by atoms with Crippen LogP contribution in [0.4, 0.5) is 10.5 Å². The molecule has 0 aromatic heterocycles. The van der Waals surface area contributed by atoms with Crippen molar-refractivity contribution in [3.63, 3.8) is 0 Å². The number of imide groups is 1. The van der Waals surface area contributed by atoms with Gasteiger partial charge in [0.05, 0.1) is 4.90 Å². The zero-order chi connectivity index (χ0) is 24.7. The quantitative estimate of drug-likeness (QED) is 0.632. The molecule has 1 fully saturated rings. The second kappa shape index (κ2) is 8.84.